The number of aryl methyl sites for hydroxylation is 2. The lowest BCUT2D eigenvalue weighted by Gasteiger charge is -2.41. The molecule has 0 heterocycles. The Labute approximate surface area is 116 Å². The topological polar surface area (TPSA) is 20.3 Å². The second-order valence-electron chi connectivity index (χ2n) is 6.13. The molecular formula is C17H25NO. The molecule has 0 radical (unpaired) electrons. The molecule has 0 atom stereocenters. The number of carbonyl (C=O) groups is 1. The molecule has 1 aromatic rings. The molecule has 0 saturated heterocycles. The van der Waals surface area contributed by atoms with E-state index in [1.165, 1.54) is 12.0 Å². The van der Waals surface area contributed by atoms with Crippen molar-refractivity contribution < 1.29 is 4.79 Å². The highest BCUT2D eigenvalue weighted by atomic mass is 16.1. The van der Waals surface area contributed by atoms with Crippen LogP contribution in [0.5, 0.6) is 0 Å². The van der Waals surface area contributed by atoms with Gasteiger partial charge in [-0.15, -0.1) is 0 Å². The number of rotatable bonds is 3. The van der Waals surface area contributed by atoms with Crippen LogP contribution >= 0.6 is 0 Å². The average Bonchev–Trinajstić information content (AvgIpc) is 2.38. The van der Waals surface area contributed by atoms with Gasteiger partial charge in [-0.3, -0.25) is 9.69 Å². The monoisotopic (exact) mass is 259 g/mol. The first-order valence-corrected chi connectivity index (χ1v) is 7.27. The molecule has 2 heteroatoms. The minimum absolute atomic E-state index is 0.279. The van der Waals surface area contributed by atoms with Crippen LogP contribution in [0.4, 0.5) is 0 Å². The summed E-state index contributed by atoms with van der Waals surface area (Å²) in [6.45, 7) is 4.12. The van der Waals surface area contributed by atoms with Crippen LogP contribution in [0.2, 0.25) is 0 Å². The van der Waals surface area contributed by atoms with Crippen molar-refractivity contribution in [2.24, 2.45) is 0 Å². The molecule has 1 fully saturated rings. The Morgan fingerprint density at radius 3 is 2.26 bits per heavy atom. The van der Waals surface area contributed by atoms with Gasteiger partial charge in [0.25, 0.3) is 0 Å². The van der Waals surface area contributed by atoms with E-state index in [9.17, 15) is 4.79 Å². The largest absolute Gasteiger partial charge is 0.297 e. The van der Waals surface area contributed by atoms with Gasteiger partial charge in [0.05, 0.1) is 5.54 Å². The van der Waals surface area contributed by atoms with Crippen molar-refractivity contribution in [1.29, 1.82) is 0 Å². The van der Waals surface area contributed by atoms with Gasteiger partial charge in [0.2, 0.25) is 0 Å². The fourth-order valence-electron chi connectivity index (χ4n) is 3.33. The summed E-state index contributed by atoms with van der Waals surface area (Å²) in [6, 6.07) is 6.17. The van der Waals surface area contributed by atoms with Gasteiger partial charge >= 0.3 is 0 Å². The molecule has 1 aliphatic rings. The number of nitrogens with zero attached hydrogens (tertiary/aromatic N) is 1. The standard InChI is InChI=1S/C17H25NO/c1-13-8-9-15(14(2)12-13)16(19)17(18(3)4)10-6-5-7-11-17/h8-9,12H,5-7,10-11H2,1-4H3. The Morgan fingerprint density at radius 1 is 1.11 bits per heavy atom. The highest BCUT2D eigenvalue weighted by molar-refractivity contribution is 6.04. The van der Waals surface area contributed by atoms with Crippen LogP contribution in [0.3, 0.4) is 0 Å². The van der Waals surface area contributed by atoms with E-state index in [0.717, 1.165) is 36.8 Å². The molecule has 0 unspecified atom stereocenters. The normalized spacial score (nSPS) is 18.6. The maximum atomic E-state index is 13.1. The van der Waals surface area contributed by atoms with Crippen molar-refractivity contribution in [3.05, 3.63) is 34.9 Å². The van der Waals surface area contributed by atoms with E-state index >= 15 is 0 Å². The smallest absolute Gasteiger partial charge is 0.183 e. The first kappa shape index (κ1) is 14.3. The van der Waals surface area contributed by atoms with Crippen molar-refractivity contribution in [2.45, 2.75) is 51.5 Å². The molecule has 1 saturated carbocycles. The van der Waals surface area contributed by atoms with Crippen LogP contribution < -0.4 is 0 Å². The van der Waals surface area contributed by atoms with E-state index in [4.69, 9.17) is 0 Å². The van der Waals surface area contributed by atoms with Crippen molar-refractivity contribution in [3.63, 3.8) is 0 Å². The van der Waals surface area contributed by atoms with Gasteiger partial charge in [0.15, 0.2) is 5.78 Å². The van der Waals surface area contributed by atoms with Crippen molar-refractivity contribution >= 4 is 5.78 Å². The first-order chi connectivity index (χ1) is 8.97. The van der Waals surface area contributed by atoms with E-state index in [2.05, 4.69) is 17.9 Å². The van der Waals surface area contributed by atoms with Crippen LogP contribution in [-0.2, 0) is 0 Å². The molecule has 0 amide bonds. The third kappa shape index (κ3) is 2.59. The predicted octanol–water partition coefficient (Wildman–Crippen LogP) is 3.75. The van der Waals surface area contributed by atoms with Crippen molar-refractivity contribution in [3.8, 4) is 0 Å². The summed E-state index contributed by atoms with van der Waals surface area (Å²) >= 11 is 0. The minimum Gasteiger partial charge on any atom is -0.297 e. The Hall–Kier alpha value is -1.15. The Balaban J connectivity index is 2.39. The van der Waals surface area contributed by atoms with E-state index in [1.807, 2.05) is 33.2 Å². The van der Waals surface area contributed by atoms with Crippen LogP contribution in [0, 0.1) is 13.8 Å². The number of Topliss-reactive ketones (excluding diaryl/α,β-unsaturated/α-hetero) is 1. The second kappa shape index (κ2) is 5.46. The SMILES string of the molecule is Cc1ccc(C(=O)C2(N(C)C)CCCCC2)c(C)c1. The lowest BCUT2D eigenvalue weighted by molar-refractivity contribution is 0.0563. The van der Waals surface area contributed by atoms with Gasteiger partial charge < -0.3 is 0 Å². The number of carbonyl (C=O) groups excluding carboxylic acids is 1. The van der Waals surface area contributed by atoms with E-state index < -0.39 is 0 Å². The molecule has 0 aromatic heterocycles. The van der Waals surface area contributed by atoms with Gasteiger partial charge in [0.1, 0.15) is 0 Å². The summed E-state index contributed by atoms with van der Waals surface area (Å²) in [5.41, 5.74) is 2.95. The molecule has 0 N–H and O–H groups in total. The van der Waals surface area contributed by atoms with Crippen molar-refractivity contribution in [1.82, 2.24) is 4.90 Å². The fourth-order valence-corrected chi connectivity index (χ4v) is 3.33. The molecule has 0 spiro atoms. The summed E-state index contributed by atoms with van der Waals surface area (Å²) in [7, 11) is 4.10. The van der Waals surface area contributed by atoms with Gasteiger partial charge in [-0.05, 0) is 46.3 Å². The summed E-state index contributed by atoms with van der Waals surface area (Å²) in [5, 5.41) is 0. The number of hydrogen-bond acceptors (Lipinski definition) is 2. The zero-order valence-electron chi connectivity index (χ0n) is 12.6. The van der Waals surface area contributed by atoms with Gasteiger partial charge in [-0.25, -0.2) is 0 Å². The Kier molecular flexibility index (Phi) is 4.10. The van der Waals surface area contributed by atoms with E-state index in [1.54, 1.807) is 0 Å². The minimum atomic E-state index is -0.279. The number of ketones is 1. The van der Waals surface area contributed by atoms with Crippen LogP contribution in [0.1, 0.15) is 53.6 Å². The first-order valence-electron chi connectivity index (χ1n) is 7.27. The molecule has 2 rings (SSSR count). The second-order valence-corrected chi connectivity index (χ2v) is 6.13. The molecular weight excluding hydrogens is 234 g/mol. The maximum Gasteiger partial charge on any atom is 0.183 e. The number of likely N-dealkylation sites (N-methyl/N-ethyl adjacent to an activating group) is 1. The highest BCUT2D eigenvalue weighted by Gasteiger charge is 2.42. The molecule has 2 nitrogen and oxygen atoms in total. The summed E-state index contributed by atoms with van der Waals surface area (Å²) in [6.07, 6.45) is 5.57. The zero-order valence-corrected chi connectivity index (χ0v) is 12.6. The van der Waals surface area contributed by atoms with Crippen LogP contribution in [0.15, 0.2) is 18.2 Å². The molecule has 0 bridgehead atoms. The van der Waals surface area contributed by atoms with Crippen LogP contribution in [-0.4, -0.2) is 30.3 Å². The number of benzene rings is 1. The highest BCUT2D eigenvalue weighted by Crippen LogP contribution is 2.35. The van der Waals surface area contributed by atoms with Gasteiger partial charge in [-0.1, -0.05) is 43.0 Å². The quantitative estimate of drug-likeness (QED) is 0.771. The third-order valence-electron chi connectivity index (χ3n) is 4.59. The third-order valence-corrected chi connectivity index (χ3v) is 4.59. The summed E-state index contributed by atoms with van der Waals surface area (Å²) in [4.78, 5) is 15.2. The van der Waals surface area contributed by atoms with Gasteiger partial charge in [-0.2, -0.15) is 0 Å². The summed E-state index contributed by atoms with van der Waals surface area (Å²) < 4.78 is 0. The van der Waals surface area contributed by atoms with Gasteiger partial charge in [0, 0.05) is 5.56 Å². The molecule has 0 aliphatic heterocycles. The van der Waals surface area contributed by atoms with E-state index in [0.29, 0.717) is 5.78 Å². The number of hydrogen-bond donors (Lipinski definition) is 0. The fraction of sp³-hybridized carbons (Fsp3) is 0.588. The lowest BCUT2D eigenvalue weighted by atomic mass is 9.75. The molecule has 1 aliphatic carbocycles. The van der Waals surface area contributed by atoms with Crippen LogP contribution in [0.25, 0.3) is 0 Å². The maximum absolute atomic E-state index is 13.1. The molecule has 19 heavy (non-hydrogen) atoms. The lowest BCUT2D eigenvalue weighted by Crippen LogP contribution is -2.52. The average molecular weight is 259 g/mol. The molecule has 104 valence electrons. The zero-order chi connectivity index (χ0) is 14.0. The predicted molar refractivity (Wildman–Crippen MR) is 79.7 cm³/mol. The Bertz CT molecular complexity index is 470. The summed E-state index contributed by atoms with van der Waals surface area (Å²) in [5.74, 6) is 0.315. The Morgan fingerprint density at radius 2 is 1.74 bits per heavy atom. The van der Waals surface area contributed by atoms with Crippen molar-refractivity contribution in [2.75, 3.05) is 14.1 Å². The van der Waals surface area contributed by atoms with E-state index in [-0.39, 0.29) is 5.54 Å². The molecule has 1 aromatic carbocycles.